The number of hydrogen-bond acceptors (Lipinski definition) is 3. The largest absolute Gasteiger partial charge is 0.490 e. The summed E-state index contributed by atoms with van der Waals surface area (Å²) in [6.45, 7) is 3.78. The summed E-state index contributed by atoms with van der Waals surface area (Å²) in [7, 11) is 0. The molecule has 2 aromatic carbocycles. The Kier molecular flexibility index (Phi) is 7.11. The van der Waals surface area contributed by atoms with Crippen LogP contribution in [0.15, 0.2) is 48.5 Å². The predicted molar refractivity (Wildman–Crippen MR) is 107 cm³/mol. The molecule has 2 aromatic rings. The zero-order chi connectivity index (χ0) is 18.9. The summed E-state index contributed by atoms with van der Waals surface area (Å²) in [5, 5.41) is 5.72. The van der Waals surface area contributed by atoms with E-state index in [1.54, 1.807) is 0 Å². The minimum atomic E-state index is -0.224. The first-order valence-corrected chi connectivity index (χ1v) is 9.70. The molecule has 3 rings (SSSR count). The molecule has 0 aromatic heterocycles. The summed E-state index contributed by atoms with van der Waals surface area (Å²) in [5.74, 6) is 0.861. The molecule has 0 heterocycles. The molecule has 1 aliphatic carbocycles. The van der Waals surface area contributed by atoms with Gasteiger partial charge in [-0.1, -0.05) is 24.3 Å². The second-order valence-electron chi connectivity index (χ2n) is 6.81. The molecule has 0 saturated heterocycles. The van der Waals surface area contributed by atoms with Crippen molar-refractivity contribution in [1.82, 2.24) is 5.32 Å². The van der Waals surface area contributed by atoms with E-state index in [1.807, 2.05) is 55.5 Å². The maximum Gasteiger partial charge on any atom is 0.319 e. The summed E-state index contributed by atoms with van der Waals surface area (Å²) in [6.07, 6.45) is 5.11. The lowest BCUT2D eigenvalue weighted by Crippen LogP contribution is -2.28. The van der Waals surface area contributed by atoms with Gasteiger partial charge in [0.25, 0.3) is 0 Å². The normalized spacial score (nSPS) is 14.1. The summed E-state index contributed by atoms with van der Waals surface area (Å²) in [5.41, 5.74) is 2.93. The number of carbonyl (C=O) groups excluding carboxylic acids is 1. The maximum atomic E-state index is 12.1. The van der Waals surface area contributed by atoms with E-state index < -0.39 is 0 Å². The number of urea groups is 1. The zero-order valence-electron chi connectivity index (χ0n) is 15.9. The Balaban J connectivity index is 1.42. The second-order valence-corrected chi connectivity index (χ2v) is 6.81. The van der Waals surface area contributed by atoms with E-state index in [0.29, 0.717) is 25.9 Å². The monoisotopic (exact) mass is 368 g/mol. The molecule has 0 radical (unpaired) electrons. The first-order chi connectivity index (χ1) is 13.2. The van der Waals surface area contributed by atoms with Crippen molar-refractivity contribution in [2.24, 2.45) is 0 Å². The Morgan fingerprint density at radius 2 is 1.67 bits per heavy atom. The minimum absolute atomic E-state index is 0.224. The van der Waals surface area contributed by atoms with Crippen LogP contribution in [0.1, 0.15) is 43.7 Å². The van der Waals surface area contributed by atoms with Gasteiger partial charge in [0.2, 0.25) is 0 Å². The molecular formula is C22H28N2O3. The first-order valence-electron chi connectivity index (χ1n) is 9.70. The Morgan fingerprint density at radius 1 is 1.00 bits per heavy atom. The molecule has 144 valence electrons. The lowest BCUT2D eigenvalue weighted by molar-refractivity contribution is 0.134. The zero-order valence-corrected chi connectivity index (χ0v) is 15.9. The Labute approximate surface area is 161 Å². The van der Waals surface area contributed by atoms with E-state index in [2.05, 4.69) is 10.6 Å². The van der Waals surface area contributed by atoms with Crippen LogP contribution in [0.2, 0.25) is 0 Å². The summed E-state index contributed by atoms with van der Waals surface area (Å²) < 4.78 is 11.3. The number of anilines is 1. The van der Waals surface area contributed by atoms with E-state index in [9.17, 15) is 4.79 Å². The van der Waals surface area contributed by atoms with Crippen LogP contribution in [0.4, 0.5) is 10.5 Å². The lowest BCUT2D eigenvalue weighted by atomic mass is 10.1. The average Bonchev–Trinajstić information content (AvgIpc) is 3.20. The van der Waals surface area contributed by atoms with Gasteiger partial charge in [-0.3, -0.25) is 0 Å². The van der Waals surface area contributed by atoms with E-state index in [1.165, 1.54) is 12.8 Å². The van der Waals surface area contributed by atoms with Gasteiger partial charge in [-0.15, -0.1) is 0 Å². The van der Waals surface area contributed by atoms with E-state index >= 15 is 0 Å². The van der Waals surface area contributed by atoms with Gasteiger partial charge in [0, 0.05) is 18.8 Å². The van der Waals surface area contributed by atoms with Crippen LogP contribution in [-0.4, -0.2) is 18.7 Å². The summed E-state index contributed by atoms with van der Waals surface area (Å²) in [6, 6.07) is 15.4. The van der Waals surface area contributed by atoms with Crippen molar-refractivity contribution in [1.29, 1.82) is 0 Å². The molecular weight excluding hydrogens is 340 g/mol. The van der Waals surface area contributed by atoms with Crippen molar-refractivity contribution in [3.8, 4) is 5.75 Å². The number of carbonyl (C=O) groups is 1. The Morgan fingerprint density at radius 3 is 2.33 bits per heavy atom. The van der Waals surface area contributed by atoms with Crippen LogP contribution in [0, 0.1) is 0 Å². The third-order valence-electron chi connectivity index (χ3n) is 4.67. The SMILES string of the molecule is CCOCc1ccc(CNC(=O)Nc2ccc(OC3CCCC3)cc2)cc1. The molecule has 2 amide bonds. The van der Waals surface area contributed by atoms with Crippen LogP contribution in [0.5, 0.6) is 5.75 Å². The molecule has 0 atom stereocenters. The number of benzene rings is 2. The number of hydrogen-bond donors (Lipinski definition) is 2. The topological polar surface area (TPSA) is 59.6 Å². The fourth-order valence-corrected chi connectivity index (χ4v) is 3.15. The number of nitrogens with one attached hydrogen (secondary N) is 2. The van der Waals surface area contributed by atoms with Gasteiger partial charge in [-0.2, -0.15) is 0 Å². The fraction of sp³-hybridized carbons (Fsp3) is 0.409. The van der Waals surface area contributed by atoms with E-state index in [4.69, 9.17) is 9.47 Å². The molecule has 0 bridgehead atoms. The maximum absolute atomic E-state index is 12.1. The molecule has 1 saturated carbocycles. The van der Waals surface area contributed by atoms with Gasteiger partial charge in [0.05, 0.1) is 12.7 Å². The highest BCUT2D eigenvalue weighted by Crippen LogP contribution is 2.25. The van der Waals surface area contributed by atoms with Crippen LogP contribution in [-0.2, 0) is 17.9 Å². The van der Waals surface area contributed by atoms with Gasteiger partial charge < -0.3 is 20.1 Å². The Hall–Kier alpha value is -2.53. The van der Waals surface area contributed by atoms with E-state index in [-0.39, 0.29) is 6.03 Å². The molecule has 0 spiro atoms. The summed E-state index contributed by atoms with van der Waals surface area (Å²) >= 11 is 0. The molecule has 1 fully saturated rings. The quantitative estimate of drug-likeness (QED) is 0.699. The number of amides is 2. The van der Waals surface area contributed by atoms with Crippen LogP contribution >= 0.6 is 0 Å². The number of ether oxygens (including phenoxy) is 2. The first kappa shape index (κ1) is 19.2. The smallest absolute Gasteiger partial charge is 0.319 e. The minimum Gasteiger partial charge on any atom is -0.490 e. The van der Waals surface area contributed by atoms with Crippen molar-refractivity contribution in [3.05, 3.63) is 59.7 Å². The van der Waals surface area contributed by atoms with Crippen molar-refractivity contribution in [2.75, 3.05) is 11.9 Å². The second kappa shape index (κ2) is 9.97. The van der Waals surface area contributed by atoms with Crippen LogP contribution in [0.3, 0.4) is 0 Å². The number of rotatable bonds is 8. The highest BCUT2D eigenvalue weighted by atomic mass is 16.5. The van der Waals surface area contributed by atoms with Crippen molar-refractivity contribution < 1.29 is 14.3 Å². The predicted octanol–water partition coefficient (Wildman–Crippen LogP) is 4.87. The van der Waals surface area contributed by atoms with Crippen molar-refractivity contribution in [3.63, 3.8) is 0 Å². The third kappa shape index (κ3) is 6.29. The highest BCUT2D eigenvalue weighted by molar-refractivity contribution is 5.89. The van der Waals surface area contributed by atoms with Gasteiger partial charge in [0.15, 0.2) is 0 Å². The fourth-order valence-electron chi connectivity index (χ4n) is 3.15. The third-order valence-corrected chi connectivity index (χ3v) is 4.67. The molecule has 2 N–H and O–H groups in total. The molecule has 5 heteroatoms. The molecule has 27 heavy (non-hydrogen) atoms. The summed E-state index contributed by atoms with van der Waals surface area (Å²) in [4.78, 5) is 12.1. The van der Waals surface area contributed by atoms with Gasteiger partial charge in [-0.05, 0) is 68.0 Å². The van der Waals surface area contributed by atoms with Crippen molar-refractivity contribution >= 4 is 11.7 Å². The Bertz CT molecular complexity index is 707. The standard InChI is InChI=1S/C22H28N2O3/c1-2-26-16-18-9-7-17(8-10-18)15-23-22(25)24-19-11-13-21(14-12-19)27-20-5-3-4-6-20/h7-14,20H,2-6,15-16H2,1H3,(H2,23,24,25). The molecule has 1 aliphatic rings. The van der Waals surface area contributed by atoms with Crippen LogP contribution in [0.25, 0.3) is 0 Å². The molecule has 0 aliphatic heterocycles. The molecule has 0 unspecified atom stereocenters. The molecule has 5 nitrogen and oxygen atoms in total. The average molecular weight is 368 g/mol. The van der Waals surface area contributed by atoms with Gasteiger partial charge in [0.1, 0.15) is 5.75 Å². The highest BCUT2D eigenvalue weighted by Gasteiger charge is 2.16. The van der Waals surface area contributed by atoms with E-state index in [0.717, 1.165) is 35.4 Å². The van der Waals surface area contributed by atoms with Gasteiger partial charge in [-0.25, -0.2) is 4.79 Å². The lowest BCUT2D eigenvalue weighted by Gasteiger charge is -2.13. The van der Waals surface area contributed by atoms with Gasteiger partial charge >= 0.3 is 6.03 Å². The van der Waals surface area contributed by atoms with Crippen LogP contribution < -0.4 is 15.4 Å². The van der Waals surface area contributed by atoms with Crippen molar-refractivity contribution in [2.45, 2.75) is 51.9 Å².